The third kappa shape index (κ3) is 3.42. The first-order valence-corrected chi connectivity index (χ1v) is 12.0. The number of nitrogens with zero attached hydrogens (tertiary/aromatic N) is 9. The van der Waals surface area contributed by atoms with Crippen molar-refractivity contribution in [3.8, 4) is 23.1 Å². The van der Waals surface area contributed by atoms with Gasteiger partial charge < -0.3 is 4.74 Å². The number of rotatable bonds is 4. The molecular weight excluding hydrogens is 468 g/mol. The van der Waals surface area contributed by atoms with Crippen LogP contribution in [-0.4, -0.2) is 49.3 Å². The fourth-order valence-corrected chi connectivity index (χ4v) is 5.07. The summed E-state index contributed by atoms with van der Waals surface area (Å²) in [6.07, 6.45) is 5.49. The van der Waals surface area contributed by atoms with Gasteiger partial charge in [0.15, 0.2) is 11.5 Å². The van der Waals surface area contributed by atoms with Crippen molar-refractivity contribution in [3.05, 3.63) is 88.4 Å². The molecule has 1 aliphatic heterocycles. The van der Waals surface area contributed by atoms with Crippen LogP contribution in [0.25, 0.3) is 17.0 Å². The fraction of sp³-hybridized carbons (Fsp3) is 0.231. The Hall–Kier alpha value is -4.80. The van der Waals surface area contributed by atoms with Crippen molar-refractivity contribution >= 4 is 5.65 Å². The molecule has 1 N–H and O–H groups in total. The van der Waals surface area contributed by atoms with Crippen LogP contribution in [0.5, 0.6) is 11.8 Å². The summed E-state index contributed by atoms with van der Waals surface area (Å²) in [6.45, 7) is 6.78. The van der Waals surface area contributed by atoms with Crippen LogP contribution in [0.3, 0.4) is 0 Å². The van der Waals surface area contributed by atoms with Crippen LogP contribution in [0.15, 0.2) is 49.1 Å². The number of hydrogen-bond donors (Lipinski definition) is 1. The van der Waals surface area contributed by atoms with Crippen molar-refractivity contribution in [2.45, 2.75) is 33.2 Å². The maximum absolute atomic E-state index is 6.09. The second-order valence-corrected chi connectivity index (χ2v) is 9.50. The highest BCUT2D eigenvalue weighted by molar-refractivity contribution is 5.68. The Morgan fingerprint density at radius 2 is 1.86 bits per heavy atom. The Morgan fingerprint density at radius 3 is 2.59 bits per heavy atom. The number of benzene rings is 1. The molecule has 5 aromatic heterocycles. The number of aromatic amines is 1. The standard InChI is InChI=1S/C26H24N10O/c1-14-9-15(2)35(32-14)11-17-5-7-18(8-6-17)23-29-24-22-21(19-10-28-34(4)12-19)20-16(3)30-31-26(20)37-25(22)27-13-36(24)33-23/h5-10,12-13,21H,11H2,1-4H3,(H,30,31). The molecule has 1 atom stereocenters. The molecule has 0 spiro atoms. The van der Waals surface area contributed by atoms with E-state index in [1.54, 1.807) is 15.5 Å². The molecule has 0 fully saturated rings. The van der Waals surface area contributed by atoms with Gasteiger partial charge in [0.2, 0.25) is 11.8 Å². The lowest BCUT2D eigenvalue weighted by molar-refractivity contribution is 0.416. The molecule has 1 aliphatic rings. The summed E-state index contributed by atoms with van der Waals surface area (Å²) in [4.78, 5) is 9.52. The molecule has 0 aliphatic carbocycles. The Bertz CT molecular complexity index is 1790. The number of hydrogen-bond acceptors (Lipinski definition) is 7. The normalized spacial score (nSPS) is 14.5. The number of aromatic nitrogens is 10. The van der Waals surface area contributed by atoms with E-state index in [0.29, 0.717) is 29.8 Å². The maximum atomic E-state index is 6.09. The molecule has 0 bridgehead atoms. The minimum absolute atomic E-state index is 0.192. The number of fused-ring (bicyclic) bond motifs is 4. The minimum atomic E-state index is -0.192. The Morgan fingerprint density at radius 1 is 1.03 bits per heavy atom. The predicted octanol–water partition coefficient (Wildman–Crippen LogP) is 3.70. The summed E-state index contributed by atoms with van der Waals surface area (Å²) in [6, 6.07) is 10.4. The number of nitrogens with one attached hydrogen (secondary N) is 1. The van der Waals surface area contributed by atoms with E-state index >= 15 is 0 Å². The van der Waals surface area contributed by atoms with Crippen molar-refractivity contribution in [1.82, 2.24) is 49.3 Å². The number of H-pyrrole nitrogens is 1. The van der Waals surface area contributed by atoms with Crippen molar-refractivity contribution < 1.29 is 4.74 Å². The second kappa shape index (κ2) is 7.85. The molecule has 1 unspecified atom stereocenters. The first-order chi connectivity index (χ1) is 17.9. The van der Waals surface area contributed by atoms with Crippen molar-refractivity contribution in [1.29, 1.82) is 0 Å². The van der Waals surface area contributed by atoms with Crippen molar-refractivity contribution in [2.24, 2.45) is 7.05 Å². The van der Waals surface area contributed by atoms with Crippen LogP contribution < -0.4 is 4.74 Å². The van der Waals surface area contributed by atoms with Gasteiger partial charge in [0.1, 0.15) is 6.33 Å². The highest BCUT2D eigenvalue weighted by Crippen LogP contribution is 2.48. The largest absolute Gasteiger partial charge is 0.418 e. The molecule has 0 saturated carbocycles. The summed E-state index contributed by atoms with van der Waals surface area (Å²) in [7, 11) is 1.90. The van der Waals surface area contributed by atoms with Gasteiger partial charge in [-0.3, -0.25) is 14.5 Å². The molecule has 184 valence electrons. The van der Waals surface area contributed by atoms with Gasteiger partial charge in [-0.25, -0.2) is 14.5 Å². The van der Waals surface area contributed by atoms with Gasteiger partial charge in [-0.2, -0.15) is 10.2 Å². The highest BCUT2D eigenvalue weighted by atomic mass is 16.5. The van der Waals surface area contributed by atoms with Crippen molar-refractivity contribution in [2.75, 3.05) is 0 Å². The first kappa shape index (κ1) is 21.5. The molecular formula is C26H24N10O. The van der Waals surface area contributed by atoms with Gasteiger partial charge in [0.25, 0.3) is 0 Å². The zero-order chi connectivity index (χ0) is 25.3. The van der Waals surface area contributed by atoms with E-state index in [9.17, 15) is 0 Å². The van der Waals surface area contributed by atoms with E-state index in [0.717, 1.165) is 44.9 Å². The third-order valence-electron chi connectivity index (χ3n) is 6.82. The van der Waals surface area contributed by atoms with Crippen LogP contribution in [0.1, 0.15) is 45.3 Å². The van der Waals surface area contributed by atoms with Gasteiger partial charge in [-0.05, 0) is 32.4 Å². The lowest BCUT2D eigenvalue weighted by atomic mass is 9.86. The molecule has 0 saturated heterocycles. The number of ether oxygens (including phenoxy) is 1. The fourth-order valence-electron chi connectivity index (χ4n) is 5.07. The predicted molar refractivity (Wildman–Crippen MR) is 135 cm³/mol. The van der Waals surface area contributed by atoms with E-state index in [1.165, 1.54) is 0 Å². The summed E-state index contributed by atoms with van der Waals surface area (Å²) in [5.74, 6) is 1.42. The van der Waals surface area contributed by atoms with Gasteiger partial charge in [-0.1, -0.05) is 24.3 Å². The molecule has 0 radical (unpaired) electrons. The molecule has 1 aromatic carbocycles. The van der Waals surface area contributed by atoms with Crippen LogP contribution in [-0.2, 0) is 13.6 Å². The van der Waals surface area contributed by atoms with E-state index in [2.05, 4.69) is 50.5 Å². The van der Waals surface area contributed by atoms with Gasteiger partial charge >= 0.3 is 0 Å². The third-order valence-corrected chi connectivity index (χ3v) is 6.82. The maximum Gasteiger partial charge on any atom is 0.244 e. The van der Waals surface area contributed by atoms with Crippen LogP contribution in [0.2, 0.25) is 0 Å². The summed E-state index contributed by atoms with van der Waals surface area (Å²) in [5, 5.41) is 21.1. The van der Waals surface area contributed by atoms with E-state index < -0.39 is 0 Å². The number of aryl methyl sites for hydroxylation is 4. The Balaban J connectivity index is 1.30. The van der Waals surface area contributed by atoms with Gasteiger partial charge in [0.05, 0.1) is 29.9 Å². The van der Waals surface area contributed by atoms with Crippen LogP contribution >= 0.6 is 0 Å². The Kier molecular flexibility index (Phi) is 4.56. The average Bonchev–Trinajstić information content (AvgIpc) is 3.66. The first-order valence-electron chi connectivity index (χ1n) is 12.0. The highest BCUT2D eigenvalue weighted by Gasteiger charge is 2.37. The van der Waals surface area contributed by atoms with Crippen LogP contribution in [0, 0.1) is 20.8 Å². The minimum Gasteiger partial charge on any atom is -0.418 e. The topological polar surface area (TPSA) is 117 Å². The Labute approximate surface area is 211 Å². The SMILES string of the molecule is Cc1cc(C)n(Cc2ccc(-c3nc4c5c(ncn4n3)Oc3n[nH]c(C)c3C5c3cnn(C)c3)cc2)n1. The molecule has 6 aromatic rings. The smallest absolute Gasteiger partial charge is 0.244 e. The van der Waals surface area contributed by atoms with Gasteiger partial charge in [0, 0.05) is 41.3 Å². The summed E-state index contributed by atoms with van der Waals surface area (Å²) >= 11 is 0. The lowest BCUT2D eigenvalue weighted by Gasteiger charge is -2.24. The molecule has 7 rings (SSSR count). The van der Waals surface area contributed by atoms with E-state index in [1.807, 2.05) is 50.1 Å². The van der Waals surface area contributed by atoms with Crippen molar-refractivity contribution in [3.63, 3.8) is 0 Å². The van der Waals surface area contributed by atoms with Gasteiger partial charge in [-0.15, -0.1) is 10.2 Å². The second-order valence-electron chi connectivity index (χ2n) is 9.50. The average molecular weight is 493 g/mol. The molecule has 0 amide bonds. The molecule has 37 heavy (non-hydrogen) atoms. The van der Waals surface area contributed by atoms with Crippen LogP contribution in [0.4, 0.5) is 0 Å². The molecule has 11 heteroatoms. The lowest BCUT2D eigenvalue weighted by Crippen LogP contribution is -2.14. The summed E-state index contributed by atoms with van der Waals surface area (Å²) < 4.78 is 11.6. The summed E-state index contributed by atoms with van der Waals surface area (Å²) in [5.41, 5.74) is 8.65. The molecule has 6 heterocycles. The van der Waals surface area contributed by atoms with E-state index in [4.69, 9.17) is 14.8 Å². The monoisotopic (exact) mass is 492 g/mol. The zero-order valence-corrected chi connectivity index (χ0v) is 20.8. The van der Waals surface area contributed by atoms with E-state index in [-0.39, 0.29) is 5.92 Å². The molecule has 11 nitrogen and oxygen atoms in total. The quantitative estimate of drug-likeness (QED) is 0.398. The zero-order valence-electron chi connectivity index (χ0n) is 20.8.